The molecule has 1 aromatic carbocycles. The predicted octanol–water partition coefficient (Wildman–Crippen LogP) is 3.97. The molecule has 0 N–H and O–H groups in total. The van der Waals surface area contributed by atoms with Crippen LogP contribution >= 0.6 is 11.6 Å². The number of rotatable bonds is 2. The second kappa shape index (κ2) is 6.93. The molecule has 0 saturated carbocycles. The van der Waals surface area contributed by atoms with Crippen LogP contribution in [0.1, 0.15) is 59.6 Å². The van der Waals surface area contributed by atoms with E-state index in [2.05, 4.69) is 6.07 Å². The van der Waals surface area contributed by atoms with Crippen LogP contribution in [-0.4, -0.2) is 48.0 Å². The number of halogens is 1. The number of amides is 1. The molecule has 1 heterocycles. The van der Waals surface area contributed by atoms with Gasteiger partial charge in [0, 0.05) is 23.6 Å². The lowest BCUT2D eigenvalue weighted by molar-refractivity contribution is 0.00578. The number of nitrogens with zero attached hydrogens (tertiary/aromatic N) is 1. The maximum Gasteiger partial charge on any atom is 0.496 e. The van der Waals surface area contributed by atoms with E-state index in [0.717, 1.165) is 23.0 Å². The summed E-state index contributed by atoms with van der Waals surface area (Å²) < 4.78 is 17.8. The average Bonchev–Trinajstić information content (AvgIpc) is 3.04. The Labute approximate surface area is 173 Å². The lowest BCUT2D eigenvalue weighted by atomic mass is 9.77. The Hall–Kier alpha value is -1.24. The van der Waals surface area contributed by atoms with Crippen LogP contribution < -0.4 is 5.46 Å². The van der Waals surface area contributed by atoms with E-state index in [1.54, 1.807) is 11.9 Å². The van der Waals surface area contributed by atoms with Crippen molar-refractivity contribution in [2.24, 2.45) is 0 Å². The van der Waals surface area contributed by atoms with E-state index >= 15 is 0 Å². The van der Waals surface area contributed by atoms with E-state index < -0.39 is 23.9 Å². The smallest absolute Gasteiger partial charge is 0.444 e. The van der Waals surface area contributed by atoms with Gasteiger partial charge in [-0.1, -0.05) is 23.7 Å². The van der Waals surface area contributed by atoms with E-state index in [9.17, 15) is 4.79 Å². The fourth-order valence-electron chi connectivity index (χ4n) is 3.56. The quantitative estimate of drug-likeness (QED) is 0.696. The second-order valence-electron chi connectivity index (χ2n) is 9.85. The average molecular weight is 408 g/mol. The number of likely N-dealkylation sites (N-methyl/N-ethyl adjacent to an activating group) is 1. The zero-order valence-electron chi connectivity index (χ0n) is 18.2. The van der Waals surface area contributed by atoms with Gasteiger partial charge >= 0.3 is 13.2 Å². The van der Waals surface area contributed by atoms with Crippen LogP contribution in [0.5, 0.6) is 0 Å². The highest BCUT2D eigenvalue weighted by Crippen LogP contribution is 2.38. The van der Waals surface area contributed by atoms with Crippen LogP contribution in [0.15, 0.2) is 12.1 Å². The van der Waals surface area contributed by atoms with Crippen LogP contribution in [0.4, 0.5) is 4.79 Å². The van der Waals surface area contributed by atoms with Gasteiger partial charge in [0.2, 0.25) is 0 Å². The van der Waals surface area contributed by atoms with Crippen molar-refractivity contribution < 1.29 is 18.8 Å². The number of fused-ring (bicyclic) bond motifs is 1. The van der Waals surface area contributed by atoms with Crippen molar-refractivity contribution >= 4 is 30.3 Å². The molecule has 1 atom stereocenters. The van der Waals surface area contributed by atoms with Crippen molar-refractivity contribution in [3.05, 3.63) is 28.3 Å². The molecule has 154 valence electrons. The van der Waals surface area contributed by atoms with Gasteiger partial charge in [0.25, 0.3) is 0 Å². The molecule has 7 heteroatoms. The Morgan fingerprint density at radius 1 is 1.18 bits per heavy atom. The number of carbonyl (C=O) groups excluding carboxylic acids is 1. The van der Waals surface area contributed by atoms with Crippen molar-refractivity contribution in [1.82, 2.24) is 4.90 Å². The first-order valence-electron chi connectivity index (χ1n) is 9.83. The summed E-state index contributed by atoms with van der Waals surface area (Å²) in [5.41, 5.74) is 1.72. The molecule has 0 spiro atoms. The lowest BCUT2D eigenvalue weighted by Crippen LogP contribution is -2.41. The van der Waals surface area contributed by atoms with Crippen LogP contribution in [0.2, 0.25) is 5.02 Å². The highest BCUT2D eigenvalue weighted by atomic mass is 35.5. The first kappa shape index (κ1) is 21.5. The molecule has 1 aliphatic heterocycles. The second-order valence-corrected chi connectivity index (χ2v) is 10.2. The van der Waals surface area contributed by atoms with Crippen LogP contribution in [-0.2, 0) is 26.9 Å². The minimum Gasteiger partial charge on any atom is -0.444 e. The molecule has 1 fully saturated rings. The molecule has 1 saturated heterocycles. The minimum atomic E-state index is -0.516. The first-order valence-corrected chi connectivity index (χ1v) is 10.2. The minimum absolute atomic E-state index is 0.0240. The van der Waals surface area contributed by atoms with E-state index in [4.69, 9.17) is 25.6 Å². The highest BCUT2D eigenvalue weighted by Gasteiger charge is 2.52. The number of carbonyl (C=O) groups is 1. The Bertz CT molecular complexity index is 771. The molecule has 1 aliphatic carbocycles. The fourth-order valence-corrected chi connectivity index (χ4v) is 3.91. The third-order valence-electron chi connectivity index (χ3n) is 6.00. The molecule has 1 aromatic rings. The van der Waals surface area contributed by atoms with Gasteiger partial charge in [-0.3, -0.25) is 0 Å². The van der Waals surface area contributed by atoms with Gasteiger partial charge in [-0.05, 0) is 72.4 Å². The van der Waals surface area contributed by atoms with Crippen molar-refractivity contribution in [2.45, 2.75) is 84.2 Å². The monoisotopic (exact) mass is 407 g/mol. The molecule has 0 radical (unpaired) electrons. The molecule has 2 aliphatic rings. The normalized spacial score (nSPS) is 22.9. The molecule has 28 heavy (non-hydrogen) atoms. The van der Waals surface area contributed by atoms with E-state index in [1.807, 2.05) is 54.5 Å². The zero-order chi connectivity index (χ0) is 21.1. The molecular weight excluding hydrogens is 376 g/mol. The maximum absolute atomic E-state index is 12.4. The summed E-state index contributed by atoms with van der Waals surface area (Å²) in [6, 6.07) is 4.08. The third-order valence-corrected chi connectivity index (χ3v) is 6.45. The van der Waals surface area contributed by atoms with E-state index in [-0.39, 0.29) is 12.1 Å². The van der Waals surface area contributed by atoms with Gasteiger partial charge in [0.05, 0.1) is 11.2 Å². The molecule has 0 bridgehead atoms. The van der Waals surface area contributed by atoms with Gasteiger partial charge in [0.15, 0.2) is 0 Å². The van der Waals surface area contributed by atoms with Gasteiger partial charge in [0.1, 0.15) is 5.60 Å². The first-order chi connectivity index (χ1) is 12.7. The standard InChI is InChI=1S/C21H31BClNO4/c1-19(2,3)26-18(25)24(8)14-11-13-9-10-16(17(23)15(13)12-14)22-27-20(4,5)21(6,7)28-22/h9-10,14H,11-12H2,1-8H3. The number of hydrogen-bond donors (Lipinski definition) is 0. The van der Waals surface area contributed by atoms with Crippen molar-refractivity contribution in [1.29, 1.82) is 0 Å². The van der Waals surface area contributed by atoms with Gasteiger partial charge in [-0.15, -0.1) is 0 Å². The number of benzene rings is 1. The van der Waals surface area contributed by atoms with Crippen molar-refractivity contribution in [3.8, 4) is 0 Å². The van der Waals surface area contributed by atoms with Gasteiger partial charge < -0.3 is 18.9 Å². The van der Waals surface area contributed by atoms with Gasteiger partial charge in [-0.25, -0.2) is 4.79 Å². The molecule has 1 unspecified atom stereocenters. The largest absolute Gasteiger partial charge is 0.496 e. The summed E-state index contributed by atoms with van der Waals surface area (Å²) in [5, 5.41) is 0.677. The number of ether oxygens (including phenoxy) is 1. The zero-order valence-corrected chi connectivity index (χ0v) is 18.9. The Morgan fingerprint density at radius 2 is 1.75 bits per heavy atom. The molecular formula is C21H31BClNO4. The Kier molecular flexibility index (Phi) is 5.31. The van der Waals surface area contributed by atoms with Crippen LogP contribution in [0.25, 0.3) is 0 Å². The maximum atomic E-state index is 12.4. The van der Waals surface area contributed by atoms with Crippen molar-refractivity contribution in [2.75, 3.05) is 7.05 Å². The molecule has 1 amide bonds. The molecule has 5 nitrogen and oxygen atoms in total. The van der Waals surface area contributed by atoms with Crippen molar-refractivity contribution in [3.63, 3.8) is 0 Å². The number of hydrogen-bond acceptors (Lipinski definition) is 4. The summed E-state index contributed by atoms with van der Waals surface area (Å²) in [5.74, 6) is 0. The molecule has 3 rings (SSSR count). The topological polar surface area (TPSA) is 48.0 Å². The summed E-state index contributed by atoms with van der Waals surface area (Å²) in [6.45, 7) is 13.7. The fraction of sp³-hybridized carbons (Fsp3) is 0.667. The Balaban J connectivity index is 1.79. The SMILES string of the molecule is CN(C(=O)OC(C)(C)C)C1Cc2ccc(B3OC(C)(C)C(C)(C)O3)c(Cl)c2C1. The summed E-state index contributed by atoms with van der Waals surface area (Å²) >= 11 is 6.78. The highest BCUT2D eigenvalue weighted by molar-refractivity contribution is 6.65. The van der Waals surface area contributed by atoms with E-state index in [0.29, 0.717) is 11.4 Å². The summed E-state index contributed by atoms with van der Waals surface area (Å²) in [4.78, 5) is 14.1. The van der Waals surface area contributed by atoms with Gasteiger partial charge in [-0.2, -0.15) is 0 Å². The van der Waals surface area contributed by atoms with Crippen LogP contribution in [0, 0.1) is 0 Å². The van der Waals surface area contributed by atoms with E-state index in [1.165, 1.54) is 0 Å². The summed E-state index contributed by atoms with van der Waals surface area (Å²) in [7, 11) is 1.29. The summed E-state index contributed by atoms with van der Waals surface area (Å²) in [6.07, 6.45) is 1.14. The Morgan fingerprint density at radius 3 is 2.29 bits per heavy atom. The third kappa shape index (κ3) is 3.92. The lowest BCUT2D eigenvalue weighted by Gasteiger charge is -2.32. The van der Waals surface area contributed by atoms with Crippen LogP contribution in [0.3, 0.4) is 0 Å². The predicted molar refractivity (Wildman–Crippen MR) is 112 cm³/mol. The molecule has 0 aromatic heterocycles.